The van der Waals surface area contributed by atoms with Gasteiger partial charge in [-0.3, -0.25) is 4.79 Å². The summed E-state index contributed by atoms with van der Waals surface area (Å²) in [6, 6.07) is 0. The molecule has 3 N–H and O–H groups in total. The van der Waals surface area contributed by atoms with Crippen molar-refractivity contribution < 1.29 is 4.79 Å². The Kier molecular flexibility index (Phi) is 3.92. The highest BCUT2D eigenvalue weighted by Crippen LogP contribution is 2.26. The molecule has 0 saturated heterocycles. The van der Waals surface area contributed by atoms with Crippen LogP contribution < -0.4 is 11.1 Å². The van der Waals surface area contributed by atoms with E-state index in [1.165, 1.54) is 23.1 Å². The van der Waals surface area contributed by atoms with Gasteiger partial charge in [0.2, 0.25) is 11.0 Å². The Balaban J connectivity index is 2.53. The predicted octanol–water partition coefficient (Wildman–Crippen LogP) is 1.33. The molecule has 1 aromatic heterocycles. The van der Waals surface area contributed by atoms with Crippen molar-refractivity contribution in [2.24, 2.45) is 5.73 Å². The van der Waals surface area contributed by atoms with Crippen LogP contribution in [0.4, 0.5) is 5.13 Å². The van der Waals surface area contributed by atoms with Crippen LogP contribution >= 0.6 is 23.1 Å². The molecule has 0 aliphatic rings. The van der Waals surface area contributed by atoms with E-state index >= 15 is 0 Å². The minimum atomic E-state index is -0.347. The van der Waals surface area contributed by atoms with Gasteiger partial charge in [0, 0.05) is 5.54 Å². The fourth-order valence-corrected chi connectivity index (χ4v) is 2.47. The number of nitrogens with zero attached hydrogens (tertiary/aromatic N) is 2. The van der Waals surface area contributed by atoms with E-state index in [2.05, 4.69) is 15.5 Å². The van der Waals surface area contributed by atoms with Crippen molar-refractivity contribution in [2.75, 3.05) is 11.1 Å². The van der Waals surface area contributed by atoms with Crippen LogP contribution in [0, 0.1) is 0 Å². The second kappa shape index (κ2) is 4.80. The van der Waals surface area contributed by atoms with E-state index in [-0.39, 0.29) is 17.2 Å². The first-order valence-corrected chi connectivity index (χ1v) is 6.20. The van der Waals surface area contributed by atoms with Gasteiger partial charge in [0.25, 0.3) is 0 Å². The molecular weight excluding hydrogens is 232 g/mol. The summed E-state index contributed by atoms with van der Waals surface area (Å²) in [7, 11) is 0. The summed E-state index contributed by atoms with van der Waals surface area (Å²) < 4.78 is 0.751. The topological polar surface area (TPSA) is 80.9 Å². The fraction of sp³-hybridized carbons (Fsp3) is 0.625. The average Bonchev–Trinajstić information content (AvgIpc) is 2.45. The molecule has 0 aromatic carbocycles. The number of amides is 1. The number of thioether (sulfide) groups is 1. The van der Waals surface area contributed by atoms with Crippen LogP contribution in [0.3, 0.4) is 0 Å². The summed E-state index contributed by atoms with van der Waals surface area (Å²) in [5.41, 5.74) is 4.99. The molecule has 0 aliphatic heterocycles. The fourth-order valence-electron chi connectivity index (χ4n) is 0.772. The molecule has 1 amide bonds. The highest BCUT2D eigenvalue weighted by Gasteiger charge is 2.13. The quantitative estimate of drug-likeness (QED) is 0.783. The SMILES string of the molecule is CC(C)(C)Nc1nnc(SCC(N)=O)s1. The molecule has 0 unspecified atom stereocenters. The number of anilines is 1. The molecule has 15 heavy (non-hydrogen) atoms. The van der Waals surface area contributed by atoms with Crippen LogP contribution in [0.2, 0.25) is 0 Å². The summed E-state index contributed by atoms with van der Waals surface area (Å²) in [4.78, 5) is 10.6. The summed E-state index contributed by atoms with van der Waals surface area (Å²) in [5.74, 6) is -0.107. The molecule has 0 radical (unpaired) electrons. The number of carbonyl (C=O) groups is 1. The van der Waals surface area contributed by atoms with E-state index in [0.29, 0.717) is 0 Å². The molecule has 7 heteroatoms. The monoisotopic (exact) mass is 246 g/mol. The highest BCUT2D eigenvalue weighted by atomic mass is 32.2. The van der Waals surface area contributed by atoms with Gasteiger partial charge in [0.05, 0.1) is 5.75 Å². The first-order valence-electron chi connectivity index (χ1n) is 4.39. The third-order valence-corrected chi connectivity index (χ3v) is 3.22. The second-order valence-corrected chi connectivity index (χ2v) is 6.20. The lowest BCUT2D eigenvalue weighted by Gasteiger charge is -2.18. The molecule has 0 atom stereocenters. The largest absolute Gasteiger partial charge is 0.369 e. The molecule has 0 aliphatic carbocycles. The zero-order valence-electron chi connectivity index (χ0n) is 8.90. The van der Waals surface area contributed by atoms with Gasteiger partial charge in [0.1, 0.15) is 0 Å². The Bertz CT molecular complexity index is 345. The average molecular weight is 246 g/mol. The third-order valence-electron chi connectivity index (χ3n) is 1.23. The Morgan fingerprint density at radius 2 is 2.20 bits per heavy atom. The summed E-state index contributed by atoms with van der Waals surface area (Å²) in [6.45, 7) is 6.14. The minimum absolute atomic E-state index is 0.0366. The molecule has 1 aromatic rings. The van der Waals surface area contributed by atoms with Gasteiger partial charge >= 0.3 is 0 Å². The Labute approximate surface area is 96.8 Å². The second-order valence-electron chi connectivity index (χ2n) is 4.00. The molecule has 0 fully saturated rings. The molecule has 1 heterocycles. The van der Waals surface area contributed by atoms with E-state index in [1.807, 2.05) is 20.8 Å². The van der Waals surface area contributed by atoms with Crippen LogP contribution in [-0.2, 0) is 4.79 Å². The number of nitrogens with one attached hydrogen (secondary N) is 1. The van der Waals surface area contributed by atoms with Crippen molar-refractivity contribution in [3.8, 4) is 0 Å². The van der Waals surface area contributed by atoms with Gasteiger partial charge in [-0.15, -0.1) is 10.2 Å². The predicted molar refractivity (Wildman–Crippen MR) is 63.2 cm³/mol. The van der Waals surface area contributed by atoms with Crippen molar-refractivity contribution in [3.05, 3.63) is 0 Å². The normalized spacial score (nSPS) is 11.4. The Morgan fingerprint density at radius 1 is 1.53 bits per heavy atom. The number of rotatable bonds is 4. The summed E-state index contributed by atoms with van der Waals surface area (Å²) in [6.07, 6.45) is 0. The van der Waals surface area contributed by atoms with Crippen LogP contribution in [0.1, 0.15) is 20.8 Å². The number of aromatic nitrogens is 2. The molecule has 5 nitrogen and oxygen atoms in total. The van der Waals surface area contributed by atoms with Crippen LogP contribution in [0.15, 0.2) is 4.34 Å². The van der Waals surface area contributed by atoms with E-state index in [0.717, 1.165) is 9.47 Å². The van der Waals surface area contributed by atoms with E-state index < -0.39 is 0 Å². The van der Waals surface area contributed by atoms with Crippen molar-refractivity contribution in [2.45, 2.75) is 30.6 Å². The number of primary amides is 1. The molecule has 1 rings (SSSR count). The number of carbonyl (C=O) groups excluding carboxylic acids is 1. The minimum Gasteiger partial charge on any atom is -0.369 e. The third kappa shape index (κ3) is 4.98. The van der Waals surface area contributed by atoms with E-state index in [4.69, 9.17) is 5.73 Å². The smallest absolute Gasteiger partial charge is 0.227 e. The van der Waals surface area contributed by atoms with Gasteiger partial charge in [-0.05, 0) is 20.8 Å². The Hall–Kier alpha value is -0.820. The van der Waals surface area contributed by atoms with E-state index in [9.17, 15) is 4.79 Å². The maximum absolute atomic E-state index is 10.6. The molecule has 0 bridgehead atoms. The zero-order valence-corrected chi connectivity index (χ0v) is 10.5. The summed E-state index contributed by atoms with van der Waals surface area (Å²) in [5, 5.41) is 11.9. The summed E-state index contributed by atoms with van der Waals surface area (Å²) >= 11 is 2.73. The van der Waals surface area contributed by atoms with Gasteiger partial charge in [-0.1, -0.05) is 23.1 Å². The number of hydrogen-bond acceptors (Lipinski definition) is 6. The number of nitrogens with two attached hydrogens (primary N) is 1. The van der Waals surface area contributed by atoms with Crippen molar-refractivity contribution in [1.29, 1.82) is 0 Å². The highest BCUT2D eigenvalue weighted by molar-refractivity contribution is 8.01. The lowest BCUT2D eigenvalue weighted by atomic mass is 10.1. The molecule has 0 saturated carbocycles. The van der Waals surface area contributed by atoms with Crippen LogP contribution in [-0.4, -0.2) is 27.4 Å². The lowest BCUT2D eigenvalue weighted by molar-refractivity contribution is -0.115. The van der Waals surface area contributed by atoms with Crippen LogP contribution in [0.25, 0.3) is 0 Å². The zero-order chi connectivity index (χ0) is 11.5. The maximum atomic E-state index is 10.6. The van der Waals surface area contributed by atoms with Gasteiger partial charge in [0.15, 0.2) is 4.34 Å². The van der Waals surface area contributed by atoms with Crippen molar-refractivity contribution in [1.82, 2.24) is 10.2 Å². The molecule has 84 valence electrons. The standard InChI is InChI=1S/C8H14N4OS2/c1-8(2,3)10-6-11-12-7(15-6)14-4-5(9)13/h4H2,1-3H3,(H2,9,13)(H,10,11). The maximum Gasteiger partial charge on any atom is 0.227 e. The van der Waals surface area contributed by atoms with Gasteiger partial charge < -0.3 is 11.1 Å². The van der Waals surface area contributed by atoms with Gasteiger partial charge in [-0.2, -0.15) is 0 Å². The Morgan fingerprint density at radius 3 is 2.73 bits per heavy atom. The van der Waals surface area contributed by atoms with Crippen molar-refractivity contribution >= 4 is 34.1 Å². The first kappa shape index (κ1) is 12.3. The molecular formula is C8H14N4OS2. The van der Waals surface area contributed by atoms with Crippen molar-refractivity contribution in [3.63, 3.8) is 0 Å². The van der Waals surface area contributed by atoms with Crippen LogP contribution in [0.5, 0.6) is 0 Å². The molecule has 0 spiro atoms. The first-order chi connectivity index (χ1) is 6.87. The number of hydrogen-bond donors (Lipinski definition) is 2. The van der Waals surface area contributed by atoms with Gasteiger partial charge in [-0.25, -0.2) is 0 Å². The lowest BCUT2D eigenvalue weighted by Crippen LogP contribution is -2.25. The van der Waals surface area contributed by atoms with E-state index in [1.54, 1.807) is 0 Å².